The summed E-state index contributed by atoms with van der Waals surface area (Å²) in [7, 11) is 0. The van der Waals surface area contributed by atoms with Crippen LogP contribution >= 0.6 is 0 Å². The molecule has 1 saturated heterocycles. The molecule has 192 valence electrons. The van der Waals surface area contributed by atoms with Crippen LogP contribution in [0.3, 0.4) is 0 Å². The van der Waals surface area contributed by atoms with Crippen molar-refractivity contribution < 1.29 is 18.7 Å². The van der Waals surface area contributed by atoms with E-state index in [-0.39, 0.29) is 5.91 Å². The second-order valence-electron chi connectivity index (χ2n) is 8.95. The zero-order valence-corrected chi connectivity index (χ0v) is 21.6. The van der Waals surface area contributed by atoms with Crippen molar-refractivity contribution in [3.05, 3.63) is 65.1 Å². The number of amides is 1. The summed E-state index contributed by atoms with van der Waals surface area (Å²) in [5, 5.41) is 11.3. The summed E-state index contributed by atoms with van der Waals surface area (Å²) in [6, 6.07) is 8.42. The van der Waals surface area contributed by atoms with Crippen molar-refractivity contribution in [2.24, 2.45) is 4.99 Å². The average molecular weight is 496 g/mol. The molecule has 0 unspecified atom stereocenters. The van der Waals surface area contributed by atoms with Gasteiger partial charge in [0.25, 0.3) is 11.8 Å². The number of aliphatic imine (C=N–C) groups is 1. The molecule has 2 aromatic rings. The number of rotatable bonds is 9. The number of nitrogens with zero attached hydrogens (tertiary/aromatic N) is 4. The molecule has 3 rings (SSSR count). The second-order valence-corrected chi connectivity index (χ2v) is 8.95. The summed E-state index contributed by atoms with van der Waals surface area (Å²) in [6.45, 7) is 15.7. The van der Waals surface area contributed by atoms with Gasteiger partial charge in [0.05, 0.1) is 37.4 Å². The summed E-state index contributed by atoms with van der Waals surface area (Å²) in [6.07, 6.45) is 1.48. The molecule has 1 aliphatic heterocycles. The minimum absolute atomic E-state index is 0.309. The topological polar surface area (TPSA) is 88.9 Å². The van der Waals surface area contributed by atoms with E-state index in [1.54, 1.807) is 18.2 Å². The van der Waals surface area contributed by atoms with Crippen molar-refractivity contribution in [3.8, 4) is 5.88 Å². The number of carbonyl (C=O) groups excluding carboxylic acids is 1. The lowest BCUT2D eigenvalue weighted by Crippen LogP contribution is -2.36. The number of hydrogen-bond acceptors (Lipinski definition) is 7. The smallest absolute Gasteiger partial charge is 0.257 e. The molecule has 0 bridgehead atoms. The molecule has 1 N–H and O–H groups in total. The van der Waals surface area contributed by atoms with Crippen LogP contribution in [-0.2, 0) is 10.4 Å². The Morgan fingerprint density at radius 1 is 1.28 bits per heavy atom. The van der Waals surface area contributed by atoms with Gasteiger partial charge in [0.2, 0.25) is 0 Å². The van der Waals surface area contributed by atoms with Crippen LogP contribution in [0.1, 0.15) is 56.2 Å². The molecule has 1 aromatic carbocycles. The highest BCUT2D eigenvalue weighted by Gasteiger charge is 2.21. The molecule has 1 aromatic heterocycles. The lowest BCUT2D eigenvalue weighted by atomic mass is 9.98. The normalized spacial score (nSPS) is 15.0. The molecule has 1 aliphatic rings. The van der Waals surface area contributed by atoms with Crippen molar-refractivity contribution in [1.29, 1.82) is 0 Å². The van der Waals surface area contributed by atoms with Gasteiger partial charge in [-0.2, -0.15) is 0 Å². The van der Waals surface area contributed by atoms with Crippen molar-refractivity contribution in [1.82, 2.24) is 15.5 Å². The van der Waals surface area contributed by atoms with Gasteiger partial charge in [-0.1, -0.05) is 18.7 Å². The third-order valence-corrected chi connectivity index (χ3v) is 5.80. The molecule has 36 heavy (non-hydrogen) atoms. The summed E-state index contributed by atoms with van der Waals surface area (Å²) in [4.78, 5) is 19.2. The fourth-order valence-electron chi connectivity index (χ4n) is 3.56. The van der Waals surface area contributed by atoms with Crippen molar-refractivity contribution >= 4 is 23.4 Å². The zero-order chi connectivity index (χ0) is 26.3. The van der Waals surface area contributed by atoms with E-state index in [1.807, 2.05) is 26.8 Å². The maximum absolute atomic E-state index is 14.2. The minimum atomic E-state index is -1.54. The predicted molar refractivity (Wildman–Crippen MR) is 140 cm³/mol. The Balaban J connectivity index is 1.74. The predicted octanol–water partition coefficient (Wildman–Crippen LogP) is 4.68. The van der Waals surface area contributed by atoms with Crippen LogP contribution in [0.15, 0.2) is 53.3 Å². The molecular formula is C27H34FN5O3. The van der Waals surface area contributed by atoms with E-state index in [0.717, 1.165) is 24.4 Å². The summed E-state index contributed by atoms with van der Waals surface area (Å²) in [5.74, 6) is 0.108. The number of benzene rings is 1. The molecule has 0 saturated carbocycles. The number of alkyl halides is 1. The summed E-state index contributed by atoms with van der Waals surface area (Å²) >= 11 is 0. The Hall–Kier alpha value is -3.59. The van der Waals surface area contributed by atoms with Crippen LogP contribution in [-0.4, -0.2) is 55.2 Å². The first-order chi connectivity index (χ1) is 17.1. The van der Waals surface area contributed by atoms with Gasteiger partial charge in [-0.25, -0.2) is 4.39 Å². The molecule has 2 heterocycles. The van der Waals surface area contributed by atoms with E-state index >= 15 is 0 Å². The highest BCUT2D eigenvalue weighted by atomic mass is 19.1. The first-order valence-electron chi connectivity index (χ1n) is 11.9. The van der Waals surface area contributed by atoms with Gasteiger partial charge in [0.1, 0.15) is 11.4 Å². The number of allylic oxidation sites excluding steroid dienone is 3. The monoisotopic (exact) mass is 495 g/mol. The number of anilines is 1. The van der Waals surface area contributed by atoms with Crippen LogP contribution in [0.2, 0.25) is 0 Å². The van der Waals surface area contributed by atoms with Gasteiger partial charge >= 0.3 is 0 Å². The van der Waals surface area contributed by atoms with E-state index in [1.165, 1.54) is 26.1 Å². The van der Waals surface area contributed by atoms with Crippen LogP contribution in [0.4, 0.5) is 10.1 Å². The van der Waals surface area contributed by atoms with Crippen molar-refractivity contribution in [3.63, 3.8) is 0 Å². The molecule has 1 amide bonds. The van der Waals surface area contributed by atoms with Gasteiger partial charge in [0.15, 0.2) is 0 Å². The van der Waals surface area contributed by atoms with E-state index in [4.69, 9.17) is 9.47 Å². The van der Waals surface area contributed by atoms with E-state index in [9.17, 15) is 9.18 Å². The average Bonchev–Trinajstić information content (AvgIpc) is 2.87. The minimum Gasteiger partial charge on any atom is -0.475 e. The Labute approximate surface area is 211 Å². The van der Waals surface area contributed by atoms with Crippen molar-refractivity contribution in [2.75, 3.05) is 37.8 Å². The molecule has 1 fully saturated rings. The molecule has 9 heteroatoms. The van der Waals surface area contributed by atoms with Gasteiger partial charge in [-0.05, 0) is 64.0 Å². The Kier molecular flexibility index (Phi) is 8.93. The second kappa shape index (κ2) is 11.9. The van der Waals surface area contributed by atoms with Crippen LogP contribution in [0.5, 0.6) is 5.88 Å². The third-order valence-electron chi connectivity index (χ3n) is 5.80. The number of nitrogens with one attached hydrogen (secondary N) is 1. The van der Waals surface area contributed by atoms with Crippen molar-refractivity contribution in [2.45, 2.75) is 40.3 Å². The standard InChI is InChI=1S/C27H34FN5O3/c1-7-36-26-24(33-11-13-35-14-12-33)16-23(31-32-26)19(3)20(4)29-17-18(2)30-25(34)21-9-8-10-22(15-21)27(5,6)28/h8-10,15-17H,2,7,11-14H2,1,3-6H3,(H,30,34)/b20-19+,29-17?. The molecule has 0 atom stereocenters. The zero-order valence-electron chi connectivity index (χ0n) is 21.6. The van der Waals surface area contributed by atoms with Gasteiger partial charge in [-0.15, -0.1) is 10.2 Å². The SMILES string of the molecule is C=C(C=N/C(C)=C(\C)c1cc(N2CCOCC2)c(OCC)nn1)NC(=O)c1cccc(C(C)(C)F)c1. The van der Waals surface area contributed by atoms with Crippen LogP contribution < -0.4 is 15.0 Å². The van der Waals surface area contributed by atoms with E-state index in [0.29, 0.717) is 53.9 Å². The molecule has 0 radical (unpaired) electrons. The maximum atomic E-state index is 14.2. The molecule has 8 nitrogen and oxygen atoms in total. The molecular weight excluding hydrogens is 461 g/mol. The Morgan fingerprint density at radius 2 is 2.00 bits per heavy atom. The lowest BCUT2D eigenvalue weighted by molar-refractivity contribution is 0.0968. The quantitative estimate of drug-likeness (QED) is 0.508. The van der Waals surface area contributed by atoms with Crippen LogP contribution in [0, 0.1) is 0 Å². The summed E-state index contributed by atoms with van der Waals surface area (Å²) in [5.41, 5.74) is 2.61. The number of ether oxygens (including phenoxy) is 2. The van der Waals surface area contributed by atoms with Gasteiger partial charge in [0, 0.05) is 24.4 Å². The number of halogens is 1. The van der Waals surface area contributed by atoms with E-state index in [2.05, 4.69) is 32.0 Å². The molecule has 0 spiro atoms. The van der Waals surface area contributed by atoms with Gasteiger partial charge in [-0.3, -0.25) is 9.79 Å². The van der Waals surface area contributed by atoms with Gasteiger partial charge < -0.3 is 19.7 Å². The highest BCUT2D eigenvalue weighted by molar-refractivity contribution is 5.99. The summed E-state index contributed by atoms with van der Waals surface area (Å²) < 4.78 is 25.4. The molecule has 0 aliphatic carbocycles. The highest BCUT2D eigenvalue weighted by Crippen LogP contribution is 2.30. The number of morpholine rings is 1. The largest absolute Gasteiger partial charge is 0.475 e. The van der Waals surface area contributed by atoms with E-state index < -0.39 is 5.67 Å². The number of hydrogen-bond donors (Lipinski definition) is 1. The fraction of sp³-hybridized carbons (Fsp3) is 0.407. The maximum Gasteiger partial charge on any atom is 0.257 e. The third kappa shape index (κ3) is 6.97. The van der Waals surface area contributed by atoms with Crippen LogP contribution in [0.25, 0.3) is 5.57 Å². The number of carbonyl (C=O) groups is 1. The Morgan fingerprint density at radius 3 is 2.67 bits per heavy atom. The lowest BCUT2D eigenvalue weighted by Gasteiger charge is -2.29. The Bertz CT molecular complexity index is 1160. The number of aromatic nitrogens is 2. The first-order valence-corrected chi connectivity index (χ1v) is 11.9. The first kappa shape index (κ1) is 27.0. The fourth-order valence-corrected chi connectivity index (χ4v) is 3.56.